The number of carbonyl (C=O) groups is 2. The van der Waals surface area contributed by atoms with Gasteiger partial charge >= 0.3 is 0 Å². The number of nitrogens with zero attached hydrogens (tertiary/aromatic N) is 1. The van der Waals surface area contributed by atoms with Crippen molar-refractivity contribution in [3.63, 3.8) is 0 Å². The predicted molar refractivity (Wildman–Crippen MR) is 90.6 cm³/mol. The van der Waals surface area contributed by atoms with Crippen molar-refractivity contribution in [2.24, 2.45) is 0 Å². The highest BCUT2D eigenvalue weighted by Crippen LogP contribution is 2.16. The Kier molecular flexibility index (Phi) is 4.68. The number of carbonyl (C=O) groups excluding carboxylic acids is 2. The molecule has 3 aromatic rings. The summed E-state index contributed by atoms with van der Waals surface area (Å²) >= 11 is 1.48. The highest BCUT2D eigenvalue weighted by molar-refractivity contribution is 7.08. The summed E-state index contributed by atoms with van der Waals surface area (Å²) in [6.07, 6.45) is 2.66. The van der Waals surface area contributed by atoms with Gasteiger partial charge in [-0.15, -0.1) is 0 Å². The maximum absolute atomic E-state index is 11.9. The fourth-order valence-corrected chi connectivity index (χ4v) is 2.83. The maximum atomic E-state index is 11.9. The quantitative estimate of drug-likeness (QED) is 0.608. The Bertz CT molecular complexity index is 810. The van der Waals surface area contributed by atoms with Gasteiger partial charge in [0.15, 0.2) is 0 Å². The summed E-state index contributed by atoms with van der Waals surface area (Å²) in [5.41, 5.74) is 2.33. The van der Waals surface area contributed by atoms with E-state index in [0.29, 0.717) is 24.9 Å². The fourth-order valence-electron chi connectivity index (χ4n) is 2.19. The van der Waals surface area contributed by atoms with Crippen LogP contribution in [0.5, 0.6) is 0 Å². The van der Waals surface area contributed by atoms with Crippen molar-refractivity contribution in [2.75, 3.05) is 11.9 Å². The predicted octanol–water partition coefficient (Wildman–Crippen LogP) is 2.77. The van der Waals surface area contributed by atoms with Crippen LogP contribution in [0.1, 0.15) is 23.2 Å². The molecule has 2 aromatic heterocycles. The van der Waals surface area contributed by atoms with E-state index in [9.17, 15) is 9.59 Å². The van der Waals surface area contributed by atoms with E-state index >= 15 is 0 Å². The number of aromatic nitrogens is 2. The molecule has 2 amide bonds. The normalized spacial score (nSPS) is 10.6. The number of thiophene rings is 1. The first-order valence-corrected chi connectivity index (χ1v) is 8.20. The lowest BCUT2D eigenvalue weighted by molar-refractivity contribution is -0.116. The molecule has 0 atom stereocenters. The van der Waals surface area contributed by atoms with Gasteiger partial charge in [0.1, 0.15) is 0 Å². The number of H-pyrrole nitrogens is 1. The molecule has 0 aliphatic rings. The van der Waals surface area contributed by atoms with Gasteiger partial charge in [0.05, 0.1) is 11.7 Å². The number of benzene rings is 1. The Morgan fingerprint density at radius 1 is 1.26 bits per heavy atom. The lowest BCUT2D eigenvalue weighted by Gasteiger charge is -2.06. The number of anilines is 1. The van der Waals surface area contributed by atoms with Gasteiger partial charge in [-0.2, -0.15) is 16.4 Å². The minimum Gasteiger partial charge on any atom is -0.352 e. The zero-order valence-electron chi connectivity index (χ0n) is 12.3. The standard InChI is InChI=1S/C16H16N4O2S/c21-15(2-1-6-17-16(22)11-5-7-23-10-11)19-13-3-4-14-12(8-13)9-18-20-14/h3-5,7-10H,1-2,6H2,(H,17,22)(H,18,20)(H,19,21). The van der Waals surface area contributed by atoms with Crippen molar-refractivity contribution in [1.82, 2.24) is 15.5 Å². The number of aromatic amines is 1. The van der Waals surface area contributed by atoms with E-state index in [-0.39, 0.29) is 11.8 Å². The molecule has 2 heterocycles. The van der Waals surface area contributed by atoms with E-state index in [0.717, 1.165) is 16.6 Å². The molecule has 0 spiro atoms. The first-order valence-electron chi connectivity index (χ1n) is 7.26. The molecule has 0 radical (unpaired) electrons. The van der Waals surface area contributed by atoms with Gasteiger partial charge in [0.2, 0.25) is 5.91 Å². The van der Waals surface area contributed by atoms with Crippen molar-refractivity contribution < 1.29 is 9.59 Å². The molecule has 23 heavy (non-hydrogen) atoms. The first-order chi connectivity index (χ1) is 11.2. The molecule has 0 saturated heterocycles. The van der Waals surface area contributed by atoms with E-state index < -0.39 is 0 Å². The van der Waals surface area contributed by atoms with Crippen molar-refractivity contribution in [3.05, 3.63) is 46.8 Å². The molecule has 118 valence electrons. The van der Waals surface area contributed by atoms with Crippen LogP contribution in [0.15, 0.2) is 41.2 Å². The van der Waals surface area contributed by atoms with Gasteiger partial charge in [0, 0.05) is 35.0 Å². The number of hydrogen-bond acceptors (Lipinski definition) is 4. The van der Waals surface area contributed by atoms with Gasteiger partial charge in [-0.3, -0.25) is 14.7 Å². The Morgan fingerprint density at radius 3 is 3.00 bits per heavy atom. The molecule has 0 fully saturated rings. The molecular formula is C16H16N4O2S. The molecule has 0 bridgehead atoms. The second-order valence-corrected chi connectivity index (χ2v) is 5.87. The Morgan fingerprint density at radius 2 is 2.17 bits per heavy atom. The van der Waals surface area contributed by atoms with Crippen molar-refractivity contribution >= 4 is 39.7 Å². The fraction of sp³-hybridized carbons (Fsp3) is 0.188. The Balaban J connectivity index is 1.41. The van der Waals surface area contributed by atoms with Gasteiger partial charge in [-0.1, -0.05) is 0 Å². The largest absolute Gasteiger partial charge is 0.352 e. The summed E-state index contributed by atoms with van der Waals surface area (Å²) in [6, 6.07) is 7.35. The third kappa shape index (κ3) is 3.95. The van der Waals surface area contributed by atoms with Gasteiger partial charge < -0.3 is 10.6 Å². The second-order valence-electron chi connectivity index (χ2n) is 5.09. The molecule has 7 heteroatoms. The summed E-state index contributed by atoms with van der Waals surface area (Å²) in [6.45, 7) is 0.475. The summed E-state index contributed by atoms with van der Waals surface area (Å²) in [4.78, 5) is 23.6. The highest BCUT2D eigenvalue weighted by atomic mass is 32.1. The van der Waals surface area contributed by atoms with Crippen molar-refractivity contribution in [1.29, 1.82) is 0 Å². The van der Waals surface area contributed by atoms with Crippen LogP contribution in [0.2, 0.25) is 0 Å². The number of nitrogens with one attached hydrogen (secondary N) is 3. The average molecular weight is 328 g/mol. The van der Waals surface area contributed by atoms with Crippen molar-refractivity contribution in [2.45, 2.75) is 12.8 Å². The van der Waals surface area contributed by atoms with Crippen LogP contribution < -0.4 is 10.6 Å². The van der Waals surface area contributed by atoms with E-state index in [2.05, 4.69) is 20.8 Å². The number of amides is 2. The topological polar surface area (TPSA) is 86.9 Å². The third-order valence-corrected chi connectivity index (χ3v) is 4.06. The zero-order valence-corrected chi connectivity index (χ0v) is 13.2. The summed E-state index contributed by atoms with van der Waals surface area (Å²) in [5.74, 6) is -0.172. The number of rotatable bonds is 6. The van der Waals surface area contributed by atoms with Crippen LogP contribution in [0, 0.1) is 0 Å². The Labute approximate surface area is 136 Å². The van der Waals surface area contributed by atoms with Gasteiger partial charge in [-0.25, -0.2) is 0 Å². The number of hydrogen-bond donors (Lipinski definition) is 3. The van der Waals surface area contributed by atoms with Crippen LogP contribution in [0.25, 0.3) is 10.9 Å². The van der Waals surface area contributed by atoms with Crippen LogP contribution in [0.4, 0.5) is 5.69 Å². The highest BCUT2D eigenvalue weighted by Gasteiger charge is 2.06. The average Bonchev–Trinajstić information content (AvgIpc) is 3.21. The molecule has 0 aliphatic carbocycles. The second kappa shape index (κ2) is 7.06. The smallest absolute Gasteiger partial charge is 0.252 e. The van der Waals surface area contributed by atoms with Crippen LogP contribution >= 0.6 is 11.3 Å². The van der Waals surface area contributed by atoms with E-state index in [1.165, 1.54) is 11.3 Å². The molecule has 3 N–H and O–H groups in total. The summed E-state index contributed by atoms with van der Waals surface area (Å²) in [5, 5.41) is 17.1. The Hall–Kier alpha value is -2.67. The number of fused-ring (bicyclic) bond motifs is 1. The van der Waals surface area contributed by atoms with E-state index in [1.807, 2.05) is 23.6 Å². The SMILES string of the molecule is O=C(CCCNC(=O)c1ccsc1)Nc1ccc2[nH]ncc2c1. The summed E-state index contributed by atoms with van der Waals surface area (Å²) < 4.78 is 0. The molecular weight excluding hydrogens is 312 g/mol. The van der Waals surface area contributed by atoms with E-state index in [4.69, 9.17) is 0 Å². The molecule has 0 unspecified atom stereocenters. The molecule has 6 nitrogen and oxygen atoms in total. The van der Waals surface area contributed by atoms with Gasteiger partial charge in [0.25, 0.3) is 5.91 Å². The van der Waals surface area contributed by atoms with Crippen LogP contribution in [-0.4, -0.2) is 28.6 Å². The molecule has 1 aromatic carbocycles. The van der Waals surface area contributed by atoms with Gasteiger partial charge in [-0.05, 0) is 36.1 Å². The minimum absolute atomic E-state index is 0.0716. The minimum atomic E-state index is -0.0999. The molecule has 0 aliphatic heterocycles. The summed E-state index contributed by atoms with van der Waals surface area (Å²) in [7, 11) is 0. The van der Waals surface area contributed by atoms with Crippen LogP contribution in [0.3, 0.4) is 0 Å². The molecule has 3 rings (SSSR count). The van der Waals surface area contributed by atoms with Crippen molar-refractivity contribution in [3.8, 4) is 0 Å². The zero-order chi connectivity index (χ0) is 16.1. The lowest BCUT2D eigenvalue weighted by atomic mass is 10.2. The van der Waals surface area contributed by atoms with Crippen LogP contribution in [-0.2, 0) is 4.79 Å². The maximum Gasteiger partial charge on any atom is 0.252 e. The third-order valence-electron chi connectivity index (χ3n) is 3.37. The monoisotopic (exact) mass is 328 g/mol. The molecule has 0 saturated carbocycles. The first kappa shape index (κ1) is 15.2. The lowest BCUT2D eigenvalue weighted by Crippen LogP contribution is -2.25. The van der Waals surface area contributed by atoms with E-state index in [1.54, 1.807) is 17.6 Å².